The zero-order chi connectivity index (χ0) is 22.9. The summed E-state index contributed by atoms with van der Waals surface area (Å²) in [6.07, 6.45) is 0.945. The van der Waals surface area contributed by atoms with Crippen LogP contribution in [0.2, 0.25) is 0 Å². The third-order valence-electron chi connectivity index (χ3n) is 5.88. The highest BCUT2D eigenvalue weighted by Gasteiger charge is 2.18. The molecule has 1 aromatic heterocycles. The van der Waals surface area contributed by atoms with Gasteiger partial charge in [-0.2, -0.15) is 5.10 Å². The number of hydrogen-bond acceptors (Lipinski definition) is 4. The summed E-state index contributed by atoms with van der Waals surface area (Å²) in [5.41, 5.74) is 3.80. The second-order valence-corrected chi connectivity index (χ2v) is 8.33. The highest BCUT2D eigenvalue weighted by molar-refractivity contribution is 14.0. The maximum atomic E-state index is 14.8. The Morgan fingerprint density at radius 2 is 1.85 bits per heavy atom. The fourth-order valence-electron chi connectivity index (χ4n) is 4.06. The quantitative estimate of drug-likeness (QED) is 0.209. The molecule has 0 unspecified atom stereocenters. The van der Waals surface area contributed by atoms with Crippen molar-refractivity contribution in [2.75, 3.05) is 50.7 Å². The first-order valence-corrected chi connectivity index (χ1v) is 11.8. The maximum absolute atomic E-state index is 14.8. The second kappa shape index (κ2) is 13.7. The van der Waals surface area contributed by atoms with Crippen LogP contribution in [0.4, 0.5) is 10.1 Å². The Bertz CT molecular complexity index is 891. The third-order valence-corrected chi connectivity index (χ3v) is 5.88. The average molecular weight is 572 g/mol. The van der Waals surface area contributed by atoms with Crippen molar-refractivity contribution in [1.82, 2.24) is 25.3 Å². The van der Waals surface area contributed by atoms with Gasteiger partial charge in [-0.15, -0.1) is 24.0 Å². The first-order valence-electron chi connectivity index (χ1n) is 11.8. The molecule has 1 fully saturated rings. The van der Waals surface area contributed by atoms with E-state index in [2.05, 4.69) is 50.4 Å². The highest BCUT2D eigenvalue weighted by Crippen LogP contribution is 2.22. The molecular weight excluding hydrogens is 532 g/mol. The zero-order valence-corrected chi connectivity index (χ0v) is 22.7. The molecule has 7 nitrogen and oxygen atoms in total. The van der Waals surface area contributed by atoms with Crippen LogP contribution in [0.5, 0.6) is 0 Å². The van der Waals surface area contributed by atoms with Crippen LogP contribution < -0.4 is 15.5 Å². The minimum atomic E-state index is -0.162. The van der Waals surface area contributed by atoms with E-state index in [1.54, 1.807) is 6.07 Å². The van der Waals surface area contributed by atoms with E-state index in [-0.39, 0.29) is 29.8 Å². The molecular formula is C24H39FIN7. The Morgan fingerprint density at radius 3 is 2.45 bits per heavy atom. The lowest BCUT2D eigenvalue weighted by Crippen LogP contribution is -2.46. The van der Waals surface area contributed by atoms with Crippen LogP contribution in [-0.4, -0.2) is 66.5 Å². The Kier molecular flexibility index (Phi) is 11.4. The molecule has 0 radical (unpaired) electrons. The number of aliphatic imine (C=N–C) groups is 1. The van der Waals surface area contributed by atoms with Crippen molar-refractivity contribution >= 4 is 35.6 Å². The zero-order valence-electron chi connectivity index (χ0n) is 20.4. The molecule has 0 atom stereocenters. The number of likely N-dealkylation sites (N-methyl/N-ethyl adjacent to an activating group) is 1. The fraction of sp³-hybridized carbons (Fsp3) is 0.583. The van der Waals surface area contributed by atoms with Gasteiger partial charge in [0.25, 0.3) is 0 Å². The first kappa shape index (κ1) is 27.4. The molecule has 0 spiro atoms. The molecule has 0 saturated carbocycles. The topological polar surface area (TPSA) is 60.7 Å². The van der Waals surface area contributed by atoms with Gasteiger partial charge in [-0.3, -0.25) is 4.68 Å². The van der Waals surface area contributed by atoms with Crippen LogP contribution in [0.1, 0.15) is 37.2 Å². The standard InChI is InChI=1S/C24H38FN7.HI/c1-5-26-24(27-10-7-11-32-20(4)16-19(3)29-32)28-18-21-8-9-23(22(25)17-21)31-14-12-30(6-2)13-15-31;/h8-9,16-17H,5-7,10-15,18H2,1-4H3,(H2,26,27,28);1H. The van der Waals surface area contributed by atoms with Gasteiger partial charge < -0.3 is 20.4 Å². The summed E-state index contributed by atoms with van der Waals surface area (Å²) in [5.74, 6) is 0.589. The molecule has 0 aliphatic carbocycles. The van der Waals surface area contributed by atoms with E-state index in [1.807, 2.05) is 30.7 Å². The van der Waals surface area contributed by atoms with Gasteiger partial charge in [-0.1, -0.05) is 13.0 Å². The Balaban J connectivity index is 0.00000385. The number of piperazine rings is 1. The monoisotopic (exact) mass is 571 g/mol. The van der Waals surface area contributed by atoms with Gasteiger partial charge in [0.2, 0.25) is 0 Å². The minimum absolute atomic E-state index is 0. The van der Waals surface area contributed by atoms with Crippen LogP contribution in [0.15, 0.2) is 29.3 Å². The molecule has 184 valence electrons. The number of nitrogens with zero attached hydrogens (tertiary/aromatic N) is 5. The predicted molar refractivity (Wildman–Crippen MR) is 145 cm³/mol. The van der Waals surface area contributed by atoms with Crippen LogP contribution >= 0.6 is 24.0 Å². The molecule has 2 aromatic rings. The van der Waals surface area contributed by atoms with Crippen LogP contribution in [0.3, 0.4) is 0 Å². The van der Waals surface area contributed by atoms with E-state index in [9.17, 15) is 4.39 Å². The van der Waals surface area contributed by atoms with E-state index >= 15 is 0 Å². The van der Waals surface area contributed by atoms with Gasteiger partial charge in [-0.25, -0.2) is 9.38 Å². The number of benzene rings is 1. The van der Waals surface area contributed by atoms with Crippen molar-refractivity contribution in [2.45, 2.75) is 47.2 Å². The summed E-state index contributed by atoms with van der Waals surface area (Å²) in [5, 5.41) is 11.1. The lowest BCUT2D eigenvalue weighted by molar-refractivity contribution is 0.270. The molecule has 2 N–H and O–H groups in total. The van der Waals surface area contributed by atoms with Gasteiger partial charge in [0.05, 0.1) is 17.9 Å². The number of anilines is 1. The number of aromatic nitrogens is 2. The summed E-state index contributed by atoms with van der Waals surface area (Å²) in [7, 11) is 0. The van der Waals surface area contributed by atoms with Gasteiger partial charge >= 0.3 is 0 Å². The van der Waals surface area contributed by atoms with E-state index in [1.165, 1.54) is 5.69 Å². The van der Waals surface area contributed by atoms with Crippen LogP contribution in [0, 0.1) is 19.7 Å². The second-order valence-electron chi connectivity index (χ2n) is 8.33. The summed E-state index contributed by atoms with van der Waals surface area (Å²) in [6.45, 7) is 15.9. The van der Waals surface area contributed by atoms with E-state index in [0.717, 1.165) is 76.0 Å². The molecule has 1 aliphatic rings. The SMILES string of the molecule is CCNC(=NCc1ccc(N2CCN(CC)CC2)c(F)c1)NCCCn1nc(C)cc1C.I. The summed E-state index contributed by atoms with van der Waals surface area (Å²) in [4.78, 5) is 9.17. The van der Waals surface area contributed by atoms with Gasteiger partial charge in [0, 0.05) is 51.5 Å². The lowest BCUT2D eigenvalue weighted by Gasteiger charge is -2.35. The first-order chi connectivity index (χ1) is 15.5. The summed E-state index contributed by atoms with van der Waals surface area (Å²) < 4.78 is 16.8. The number of hydrogen-bond donors (Lipinski definition) is 2. The molecule has 1 aromatic carbocycles. The van der Waals surface area contributed by atoms with Gasteiger partial charge in [-0.05, 0) is 57.5 Å². The molecule has 1 aliphatic heterocycles. The van der Waals surface area contributed by atoms with Crippen LogP contribution in [-0.2, 0) is 13.1 Å². The molecule has 3 rings (SSSR count). The number of rotatable bonds is 9. The number of aryl methyl sites for hydroxylation is 3. The Morgan fingerprint density at radius 1 is 1.09 bits per heavy atom. The van der Waals surface area contributed by atoms with E-state index < -0.39 is 0 Å². The molecule has 0 amide bonds. The van der Waals surface area contributed by atoms with E-state index in [0.29, 0.717) is 12.2 Å². The van der Waals surface area contributed by atoms with Crippen molar-refractivity contribution in [3.05, 3.63) is 47.0 Å². The summed E-state index contributed by atoms with van der Waals surface area (Å²) >= 11 is 0. The molecule has 9 heteroatoms. The van der Waals surface area contributed by atoms with Crippen LogP contribution in [0.25, 0.3) is 0 Å². The van der Waals surface area contributed by atoms with E-state index in [4.69, 9.17) is 0 Å². The largest absolute Gasteiger partial charge is 0.367 e. The average Bonchev–Trinajstić information content (AvgIpc) is 3.11. The van der Waals surface area contributed by atoms with Crippen molar-refractivity contribution in [3.8, 4) is 0 Å². The normalized spacial score (nSPS) is 14.8. The molecule has 2 heterocycles. The smallest absolute Gasteiger partial charge is 0.191 e. The van der Waals surface area contributed by atoms with Gasteiger partial charge in [0.1, 0.15) is 5.82 Å². The molecule has 33 heavy (non-hydrogen) atoms. The lowest BCUT2D eigenvalue weighted by atomic mass is 10.1. The summed E-state index contributed by atoms with van der Waals surface area (Å²) in [6, 6.07) is 7.60. The van der Waals surface area contributed by atoms with Crippen molar-refractivity contribution in [1.29, 1.82) is 0 Å². The maximum Gasteiger partial charge on any atom is 0.191 e. The fourth-order valence-corrected chi connectivity index (χ4v) is 4.06. The predicted octanol–water partition coefficient (Wildman–Crippen LogP) is 3.54. The van der Waals surface area contributed by atoms with Crippen molar-refractivity contribution in [2.24, 2.45) is 4.99 Å². The number of halogens is 2. The highest BCUT2D eigenvalue weighted by atomic mass is 127. The molecule has 1 saturated heterocycles. The number of guanidine groups is 1. The third kappa shape index (κ3) is 8.13. The van der Waals surface area contributed by atoms with Gasteiger partial charge in [0.15, 0.2) is 5.96 Å². The van der Waals surface area contributed by atoms with Crippen molar-refractivity contribution in [3.63, 3.8) is 0 Å². The number of nitrogens with one attached hydrogen (secondary N) is 2. The molecule has 0 bridgehead atoms. The van der Waals surface area contributed by atoms with Crippen molar-refractivity contribution < 1.29 is 4.39 Å². The Hall–Kier alpha value is -1.88. The minimum Gasteiger partial charge on any atom is -0.367 e. The Labute approximate surface area is 214 Å².